The molecule has 1 radical (unpaired) electrons. The molecule has 0 aromatic carbocycles. The second-order valence-electron chi connectivity index (χ2n) is 5.46. The van der Waals surface area contributed by atoms with E-state index in [9.17, 15) is 9.90 Å². The fourth-order valence-corrected chi connectivity index (χ4v) is 2.68. The van der Waals surface area contributed by atoms with E-state index in [0.29, 0.717) is 19.8 Å². The Morgan fingerprint density at radius 3 is 2.71 bits per heavy atom. The zero-order chi connectivity index (χ0) is 14.4. The third-order valence-corrected chi connectivity index (χ3v) is 4.01. The molecule has 2 fully saturated rings. The Bertz CT molecular complexity index is 332. The Morgan fingerprint density at radius 2 is 2.10 bits per heavy atom. The van der Waals surface area contributed by atoms with Gasteiger partial charge < -0.3 is 30.8 Å². The number of hydrogen-bond donors (Lipinski definition) is 3. The molecule has 7 nitrogen and oxygen atoms in total. The molecule has 0 aromatic rings. The van der Waals surface area contributed by atoms with E-state index in [1.54, 1.807) is 0 Å². The number of rotatable bonds is 5. The number of aliphatic carboxylic acids is 1. The van der Waals surface area contributed by atoms with Crippen LogP contribution in [0.1, 0.15) is 12.8 Å². The molecule has 0 spiro atoms. The minimum atomic E-state index is -1.19. The quantitative estimate of drug-likeness (QED) is 0.594. The standard InChI is InChI=1S/C12H23BN3O4.V/c14-12(11(17)18)9-16-8-10(12)2-1-3-13-19-6-4-15-5-7-20-13;/h10,15H,1-9,14H2,(H,17,18);/q-1;. The second-order valence-corrected chi connectivity index (χ2v) is 5.46. The van der Waals surface area contributed by atoms with Crippen LogP contribution in [0.15, 0.2) is 0 Å². The third kappa shape index (κ3) is 5.25. The van der Waals surface area contributed by atoms with Crippen molar-refractivity contribution >= 4 is 13.1 Å². The first-order valence-electron chi connectivity index (χ1n) is 7.22. The van der Waals surface area contributed by atoms with Crippen molar-refractivity contribution in [2.75, 3.05) is 39.4 Å². The van der Waals surface area contributed by atoms with Crippen LogP contribution in [0.4, 0.5) is 0 Å². The number of carboxylic acids is 1. The van der Waals surface area contributed by atoms with E-state index in [1.807, 2.05) is 0 Å². The number of nitrogens with one attached hydrogen (secondary N) is 1. The Morgan fingerprint density at radius 1 is 1.43 bits per heavy atom. The van der Waals surface area contributed by atoms with E-state index in [4.69, 9.17) is 15.0 Å². The summed E-state index contributed by atoms with van der Waals surface area (Å²) in [6.07, 6.45) is 2.35. The zero-order valence-corrected chi connectivity index (χ0v) is 13.6. The van der Waals surface area contributed by atoms with Crippen LogP contribution in [-0.2, 0) is 32.7 Å². The maximum absolute atomic E-state index is 11.2. The molecule has 0 saturated carbocycles. The van der Waals surface area contributed by atoms with Crippen molar-refractivity contribution in [3.8, 4) is 0 Å². The van der Waals surface area contributed by atoms with Crippen molar-refractivity contribution in [2.45, 2.75) is 24.7 Å². The molecule has 2 saturated heterocycles. The molecule has 9 heteroatoms. The minimum Gasteiger partial charge on any atom is -0.660 e. The minimum absolute atomic E-state index is 0. The molecular formula is C12H23BN3O4V-. The van der Waals surface area contributed by atoms with Gasteiger partial charge >= 0.3 is 13.1 Å². The van der Waals surface area contributed by atoms with Crippen molar-refractivity contribution in [1.82, 2.24) is 5.32 Å². The number of hydrogen-bond acceptors (Lipinski definition) is 5. The molecule has 0 aliphatic carbocycles. The average molecular weight is 335 g/mol. The summed E-state index contributed by atoms with van der Waals surface area (Å²) >= 11 is 0. The van der Waals surface area contributed by atoms with Gasteiger partial charge in [0.1, 0.15) is 0 Å². The summed E-state index contributed by atoms with van der Waals surface area (Å²) in [5.41, 5.74) is 4.76. The maximum Gasteiger partial charge on any atom is 0.456 e. The van der Waals surface area contributed by atoms with Crippen molar-refractivity contribution in [3.05, 3.63) is 5.32 Å². The molecule has 2 atom stereocenters. The molecule has 2 unspecified atom stereocenters. The van der Waals surface area contributed by atoms with Gasteiger partial charge in [-0.05, 0) is 12.2 Å². The molecule has 2 aliphatic rings. The largest absolute Gasteiger partial charge is 0.660 e. The van der Waals surface area contributed by atoms with Gasteiger partial charge in [0.25, 0.3) is 0 Å². The monoisotopic (exact) mass is 335 g/mol. The van der Waals surface area contributed by atoms with Crippen molar-refractivity contribution < 1.29 is 37.8 Å². The van der Waals surface area contributed by atoms with Crippen LogP contribution in [0.5, 0.6) is 0 Å². The summed E-state index contributed by atoms with van der Waals surface area (Å²) in [6.45, 7) is 3.71. The van der Waals surface area contributed by atoms with Crippen molar-refractivity contribution in [2.24, 2.45) is 11.7 Å². The van der Waals surface area contributed by atoms with Gasteiger partial charge in [-0.1, -0.05) is 12.8 Å². The van der Waals surface area contributed by atoms with Crippen LogP contribution in [0.2, 0.25) is 6.32 Å². The van der Waals surface area contributed by atoms with Gasteiger partial charge in [0.05, 0.1) is 5.54 Å². The van der Waals surface area contributed by atoms with E-state index in [2.05, 4.69) is 10.6 Å². The van der Waals surface area contributed by atoms with Crippen LogP contribution in [0.25, 0.3) is 5.32 Å². The topological polar surface area (TPSA) is 108 Å². The third-order valence-electron chi connectivity index (χ3n) is 4.01. The molecule has 2 rings (SSSR count). The molecular weight excluding hydrogens is 312 g/mol. The van der Waals surface area contributed by atoms with Crippen LogP contribution in [0.3, 0.4) is 0 Å². The first kappa shape index (κ1) is 19.0. The maximum atomic E-state index is 11.2. The van der Waals surface area contributed by atoms with Crippen molar-refractivity contribution in [1.29, 1.82) is 0 Å². The van der Waals surface area contributed by atoms with Gasteiger partial charge in [-0.25, -0.2) is 0 Å². The summed E-state index contributed by atoms with van der Waals surface area (Å²) in [7, 11) is -0.188. The van der Waals surface area contributed by atoms with Crippen LogP contribution < -0.4 is 11.1 Å². The average Bonchev–Trinajstić information content (AvgIpc) is 2.75. The first-order chi connectivity index (χ1) is 9.63. The summed E-state index contributed by atoms with van der Waals surface area (Å²) in [5, 5.41) is 16.6. The second kappa shape index (κ2) is 9.15. The molecule has 0 amide bonds. The number of carbonyl (C=O) groups is 1. The van der Waals surface area contributed by atoms with Gasteiger partial charge in [0, 0.05) is 44.9 Å². The molecule has 119 valence electrons. The fourth-order valence-electron chi connectivity index (χ4n) is 2.68. The Kier molecular flexibility index (Phi) is 8.26. The fraction of sp³-hybridized carbons (Fsp3) is 0.917. The van der Waals surface area contributed by atoms with E-state index < -0.39 is 11.5 Å². The Labute approximate surface area is 137 Å². The summed E-state index contributed by atoms with van der Waals surface area (Å²) in [6, 6.07) is 0. The molecule has 0 bridgehead atoms. The van der Waals surface area contributed by atoms with Gasteiger partial charge in [0.2, 0.25) is 0 Å². The Balaban J connectivity index is 0.00000220. The first-order valence-corrected chi connectivity index (χ1v) is 7.22. The summed E-state index contributed by atoms with van der Waals surface area (Å²) in [5.74, 6) is -1.04. The van der Waals surface area contributed by atoms with E-state index in [-0.39, 0.29) is 38.1 Å². The number of carboxylic acid groups (broad SMARTS) is 1. The van der Waals surface area contributed by atoms with E-state index in [0.717, 1.165) is 32.3 Å². The number of nitrogens with two attached hydrogens (primary N) is 1. The molecule has 21 heavy (non-hydrogen) atoms. The van der Waals surface area contributed by atoms with Gasteiger partial charge in [-0.2, -0.15) is 0 Å². The normalized spacial score (nSPS) is 30.3. The van der Waals surface area contributed by atoms with Gasteiger partial charge in [-0.3, -0.25) is 4.79 Å². The predicted molar refractivity (Wildman–Crippen MR) is 75.7 cm³/mol. The molecule has 4 N–H and O–H groups in total. The summed E-state index contributed by atoms with van der Waals surface area (Å²) < 4.78 is 11.2. The summed E-state index contributed by atoms with van der Waals surface area (Å²) in [4.78, 5) is 11.2. The Hall–Kier alpha value is -0.0806. The van der Waals surface area contributed by atoms with E-state index in [1.165, 1.54) is 0 Å². The SMILES string of the molecule is NC1(C(=O)O)C[N-]CC1CCCB1OCCNCCO1.[V]. The van der Waals surface area contributed by atoms with Crippen LogP contribution in [-0.4, -0.2) is 63.1 Å². The molecule has 2 heterocycles. The molecule has 2 aliphatic heterocycles. The van der Waals surface area contributed by atoms with Gasteiger partial charge in [-0.15, -0.1) is 13.1 Å². The van der Waals surface area contributed by atoms with Crippen LogP contribution in [0, 0.1) is 5.92 Å². The van der Waals surface area contributed by atoms with E-state index >= 15 is 0 Å². The van der Waals surface area contributed by atoms with Crippen LogP contribution >= 0.6 is 0 Å². The zero-order valence-electron chi connectivity index (χ0n) is 12.2. The van der Waals surface area contributed by atoms with Gasteiger partial charge in [0.15, 0.2) is 0 Å². The number of nitrogens with zero attached hydrogens (tertiary/aromatic N) is 1. The van der Waals surface area contributed by atoms with Crippen molar-refractivity contribution in [3.63, 3.8) is 0 Å². The predicted octanol–water partition coefficient (Wildman–Crippen LogP) is -0.326. The smallest absolute Gasteiger partial charge is 0.456 e. The molecule has 0 aromatic heterocycles.